The molecule has 0 heterocycles. The van der Waals surface area contributed by atoms with Gasteiger partial charge in [-0.15, -0.1) is 0 Å². The van der Waals surface area contributed by atoms with Gasteiger partial charge < -0.3 is 9.47 Å². The van der Waals surface area contributed by atoms with E-state index in [9.17, 15) is 19.7 Å². The molecule has 0 aromatic heterocycles. The zero-order chi connectivity index (χ0) is 12.6. The van der Waals surface area contributed by atoms with E-state index >= 15 is 0 Å². The average Bonchev–Trinajstić information content (AvgIpc) is 2.26. The van der Waals surface area contributed by atoms with Gasteiger partial charge in [-0.05, 0) is 6.42 Å². The lowest BCUT2D eigenvalue weighted by Crippen LogP contribution is -2.24. The average molecular weight is 233 g/mol. The Morgan fingerprint density at radius 3 is 2.25 bits per heavy atom. The molecule has 0 aliphatic heterocycles. The number of nitrogens with zero attached hydrogens (tertiary/aromatic N) is 1. The van der Waals surface area contributed by atoms with E-state index in [-0.39, 0.29) is 19.3 Å². The highest BCUT2D eigenvalue weighted by Crippen LogP contribution is 2.09. The molecule has 1 unspecified atom stereocenters. The first-order valence-corrected chi connectivity index (χ1v) is 4.78. The van der Waals surface area contributed by atoms with Crippen molar-refractivity contribution in [3.05, 3.63) is 10.1 Å². The van der Waals surface area contributed by atoms with Gasteiger partial charge in [0, 0.05) is 17.8 Å². The summed E-state index contributed by atoms with van der Waals surface area (Å²) in [6, 6.07) is -1.00. The second-order valence-electron chi connectivity index (χ2n) is 3.19. The number of hydrogen-bond acceptors (Lipinski definition) is 6. The van der Waals surface area contributed by atoms with E-state index in [1.165, 1.54) is 14.2 Å². The van der Waals surface area contributed by atoms with Crippen molar-refractivity contribution in [1.82, 2.24) is 0 Å². The lowest BCUT2D eigenvalue weighted by atomic mass is 10.1. The zero-order valence-electron chi connectivity index (χ0n) is 9.30. The van der Waals surface area contributed by atoms with Crippen LogP contribution in [-0.2, 0) is 19.1 Å². The third kappa shape index (κ3) is 5.94. The fourth-order valence-corrected chi connectivity index (χ4v) is 1.14. The number of esters is 2. The van der Waals surface area contributed by atoms with E-state index in [0.717, 1.165) is 0 Å². The molecule has 0 amide bonds. The van der Waals surface area contributed by atoms with Gasteiger partial charge in [0.15, 0.2) is 0 Å². The first kappa shape index (κ1) is 14.3. The lowest BCUT2D eigenvalue weighted by molar-refractivity contribution is -0.522. The van der Waals surface area contributed by atoms with Crippen LogP contribution < -0.4 is 0 Å². The third-order valence-corrected chi connectivity index (χ3v) is 2.07. The van der Waals surface area contributed by atoms with Crippen LogP contribution in [-0.4, -0.2) is 37.1 Å². The van der Waals surface area contributed by atoms with Crippen molar-refractivity contribution < 1.29 is 24.0 Å². The Bertz CT molecular complexity index is 265. The minimum Gasteiger partial charge on any atom is -0.469 e. The molecule has 0 aromatic rings. The van der Waals surface area contributed by atoms with Crippen molar-refractivity contribution in [2.45, 2.75) is 31.7 Å². The van der Waals surface area contributed by atoms with Crippen LogP contribution in [0.4, 0.5) is 0 Å². The number of carbonyl (C=O) groups is 2. The Labute approximate surface area is 92.9 Å². The van der Waals surface area contributed by atoms with Crippen LogP contribution in [0.1, 0.15) is 25.7 Å². The minimum atomic E-state index is -1.00. The van der Waals surface area contributed by atoms with Gasteiger partial charge in [-0.2, -0.15) is 0 Å². The van der Waals surface area contributed by atoms with Gasteiger partial charge in [0.05, 0.1) is 14.2 Å². The van der Waals surface area contributed by atoms with Gasteiger partial charge in [-0.25, -0.2) is 0 Å². The summed E-state index contributed by atoms with van der Waals surface area (Å²) < 4.78 is 8.74. The molecule has 0 radical (unpaired) electrons. The highest BCUT2D eigenvalue weighted by molar-refractivity contribution is 5.70. The Morgan fingerprint density at radius 1 is 1.25 bits per heavy atom. The summed E-state index contributed by atoms with van der Waals surface area (Å²) >= 11 is 0. The summed E-state index contributed by atoms with van der Waals surface area (Å²) in [7, 11) is 2.43. The van der Waals surface area contributed by atoms with E-state index in [0.29, 0.717) is 6.42 Å². The molecule has 0 saturated carbocycles. The monoisotopic (exact) mass is 233 g/mol. The molecule has 16 heavy (non-hydrogen) atoms. The fraction of sp³-hybridized carbons (Fsp3) is 0.778. The highest BCUT2D eigenvalue weighted by Gasteiger charge is 2.24. The molecule has 1 atom stereocenters. The molecule has 0 aromatic carbocycles. The van der Waals surface area contributed by atoms with E-state index in [2.05, 4.69) is 9.47 Å². The number of hydrogen-bond donors (Lipinski definition) is 0. The van der Waals surface area contributed by atoms with E-state index in [1.807, 2.05) is 0 Å². The van der Waals surface area contributed by atoms with Gasteiger partial charge in [-0.1, -0.05) is 0 Å². The second-order valence-corrected chi connectivity index (χ2v) is 3.19. The maximum atomic E-state index is 10.9. The SMILES string of the molecule is COC(=O)CCCC(CC(=O)OC)[N+](=O)[O-]. The summed E-state index contributed by atoms with van der Waals surface area (Å²) in [4.78, 5) is 31.7. The summed E-state index contributed by atoms with van der Waals surface area (Å²) in [6.07, 6.45) is 0.305. The molecule has 92 valence electrons. The van der Waals surface area contributed by atoms with Gasteiger partial charge in [-0.3, -0.25) is 19.7 Å². The number of carbonyl (C=O) groups excluding carboxylic acids is 2. The topological polar surface area (TPSA) is 95.7 Å². The smallest absolute Gasteiger partial charge is 0.312 e. The van der Waals surface area contributed by atoms with Crippen molar-refractivity contribution in [1.29, 1.82) is 0 Å². The van der Waals surface area contributed by atoms with Crippen LogP contribution in [0.15, 0.2) is 0 Å². The molecule has 0 bridgehead atoms. The number of nitro groups is 1. The first-order chi connectivity index (χ1) is 7.51. The highest BCUT2D eigenvalue weighted by atomic mass is 16.6. The van der Waals surface area contributed by atoms with Gasteiger partial charge in [0.2, 0.25) is 6.04 Å². The van der Waals surface area contributed by atoms with Crippen LogP contribution in [0.2, 0.25) is 0 Å². The fourth-order valence-electron chi connectivity index (χ4n) is 1.14. The third-order valence-electron chi connectivity index (χ3n) is 2.07. The predicted molar refractivity (Wildman–Crippen MR) is 53.3 cm³/mol. The van der Waals surface area contributed by atoms with Gasteiger partial charge in [0.25, 0.3) is 0 Å². The molecular formula is C9H15NO6. The molecule has 7 heteroatoms. The Hall–Kier alpha value is -1.66. The summed E-state index contributed by atoms with van der Waals surface area (Å²) in [5, 5.41) is 10.6. The maximum absolute atomic E-state index is 10.9. The molecule has 7 nitrogen and oxygen atoms in total. The Morgan fingerprint density at radius 2 is 1.81 bits per heavy atom. The molecule has 0 aliphatic rings. The number of ether oxygens (including phenoxy) is 2. The van der Waals surface area contributed by atoms with Crippen molar-refractivity contribution >= 4 is 11.9 Å². The van der Waals surface area contributed by atoms with Crippen molar-refractivity contribution in [2.75, 3.05) is 14.2 Å². The predicted octanol–water partition coefficient (Wildman–Crippen LogP) is 0.538. The van der Waals surface area contributed by atoms with E-state index < -0.39 is 22.9 Å². The maximum Gasteiger partial charge on any atom is 0.312 e. The Kier molecular flexibility index (Phi) is 6.82. The van der Waals surface area contributed by atoms with Crippen LogP contribution in [0, 0.1) is 10.1 Å². The largest absolute Gasteiger partial charge is 0.469 e. The summed E-state index contributed by atoms with van der Waals surface area (Å²) in [5.74, 6) is -1.04. The summed E-state index contributed by atoms with van der Waals surface area (Å²) in [5.41, 5.74) is 0. The molecule has 0 N–H and O–H groups in total. The van der Waals surface area contributed by atoms with Crippen LogP contribution in [0.3, 0.4) is 0 Å². The quantitative estimate of drug-likeness (QED) is 0.361. The van der Waals surface area contributed by atoms with Crippen LogP contribution in [0.5, 0.6) is 0 Å². The molecule has 0 saturated heterocycles. The molecule has 0 aliphatic carbocycles. The Balaban J connectivity index is 4.00. The van der Waals surface area contributed by atoms with Gasteiger partial charge in [0.1, 0.15) is 6.42 Å². The standard InChI is InChI=1S/C9H15NO6/c1-15-8(11)5-3-4-7(10(13)14)6-9(12)16-2/h7H,3-6H2,1-2H3. The van der Waals surface area contributed by atoms with Crippen molar-refractivity contribution in [2.24, 2.45) is 0 Å². The zero-order valence-corrected chi connectivity index (χ0v) is 9.30. The summed E-state index contributed by atoms with van der Waals surface area (Å²) in [6.45, 7) is 0. The number of methoxy groups -OCH3 is 2. The van der Waals surface area contributed by atoms with E-state index in [4.69, 9.17) is 0 Å². The van der Waals surface area contributed by atoms with Crippen molar-refractivity contribution in [3.8, 4) is 0 Å². The van der Waals surface area contributed by atoms with Gasteiger partial charge >= 0.3 is 11.9 Å². The first-order valence-electron chi connectivity index (χ1n) is 4.78. The van der Waals surface area contributed by atoms with Crippen molar-refractivity contribution in [3.63, 3.8) is 0 Å². The van der Waals surface area contributed by atoms with Crippen LogP contribution >= 0.6 is 0 Å². The lowest BCUT2D eigenvalue weighted by Gasteiger charge is -2.07. The molecule has 0 rings (SSSR count). The molecule has 0 spiro atoms. The van der Waals surface area contributed by atoms with E-state index in [1.54, 1.807) is 0 Å². The normalized spacial score (nSPS) is 11.6. The minimum absolute atomic E-state index is 0.113. The molecule has 0 fully saturated rings. The second kappa shape index (κ2) is 7.61. The van der Waals surface area contributed by atoms with Crippen LogP contribution in [0.25, 0.3) is 0 Å². The number of rotatable bonds is 7. The molecular weight excluding hydrogens is 218 g/mol.